The Morgan fingerprint density at radius 3 is 2.68 bits per heavy atom. The number of benzene rings is 2. The van der Waals surface area contributed by atoms with Crippen LogP contribution in [0.4, 0.5) is 0 Å². The third kappa shape index (κ3) is 2.92. The average Bonchev–Trinajstić information content (AvgIpc) is 2.93. The normalized spacial score (nSPS) is 11.9. The summed E-state index contributed by atoms with van der Waals surface area (Å²) in [6.07, 6.45) is 5.37. The van der Waals surface area contributed by atoms with E-state index in [0.29, 0.717) is 12.2 Å². The highest BCUT2D eigenvalue weighted by Crippen LogP contribution is 2.38. The second kappa shape index (κ2) is 6.78. The van der Waals surface area contributed by atoms with E-state index in [-0.39, 0.29) is 5.97 Å². The smallest absolute Gasteiger partial charge is 0.338 e. The highest BCUT2D eigenvalue weighted by molar-refractivity contribution is 6.00. The Morgan fingerprint density at radius 1 is 1.00 bits per heavy atom. The van der Waals surface area contributed by atoms with E-state index >= 15 is 0 Å². The maximum absolute atomic E-state index is 12.4. The molecule has 0 fully saturated rings. The highest BCUT2D eigenvalue weighted by atomic mass is 16.5. The minimum atomic E-state index is -0.190. The van der Waals surface area contributed by atoms with Crippen LogP contribution in [0.3, 0.4) is 0 Å². The van der Waals surface area contributed by atoms with Gasteiger partial charge in [0, 0.05) is 0 Å². The van der Waals surface area contributed by atoms with Crippen LogP contribution in [0.2, 0.25) is 0 Å². The van der Waals surface area contributed by atoms with Crippen molar-refractivity contribution in [3.63, 3.8) is 0 Å². The predicted octanol–water partition coefficient (Wildman–Crippen LogP) is 4.99. The Balaban J connectivity index is 1.77. The van der Waals surface area contributed by atoms with Crippen molar-refractivity contribution in [3.8, 4) is 11.1 Å². The molecule has 1 aliphatic carbocycles. The molecule has 0 radical (unpaired) electrons. The fourth-order valence-corrected chi connectivity index (χ4v) is 3.13. The Bertz CT molecular complexity index is 673. The third-order valence-electron chi connectivity index (χ3n) is 4.27. The summed E-state index contributed by atoms with van der Waals surface area (Å²) in [6, 6.07) is 14.3. The molecule has 1 aliphatic rings. The summed E-state index contributed by atoms with van der Waals surface area (Å²) in [5.74, 6) is -0.190. The molecule has 22 heavy (non-hydrogen) atoms. The van der Waals surface area contributed by atoms with Crippen LogP contribution in [-0.4, -0.2) is 12.6 Å². The van der Waals surface area contributed by atoms with Crippen LogP contribution in [0.1, 0.15) is 54.1 Å². The van der Waals surface area contributed by atoms with Crippen molar-refractivity contribution >= 4 is 5.97 Å². The maximum atomic E-state index is 12.4. The fourth-order valence-electron chi connectivity index (χ4n) is 3.13. The van der Waals surface area contributed by atoms with Crippen LogP contribution < -0.4 is 0 Å². The van der Waals surface area contributed by atoms with Crippen LogP contribution >= 0.6 is 0 Å². The minimum absolute atomic E-state index is 0.190. The number of unbranched alkanes of at least 4 members (excludes halogenated alkanes) is 3. The van der Waals surface area contributed by atoms with Crippen molar-refractivity contribution in [3.05, 3.63) is 59.2 Å². The molecular formula is C20H22O2. The Labute approximate surface area is 132 Å². The third-order valence-corrected chi connectivity index (χ3v) is 4.27. The Kier molecular flexibility index (Phi) is 4.57. The van der Waals surface area contributed by atoms with Crippen molar-refractivity contribution in [2.24, 2.45) is 0 Å². The summed E-state index contributed by atoms with van der Waals surface area (Å²) >= 11 is 0. The van der Waals surface area contributed by atoms with E-state index in [0.717, 1.165) is 24.8 Å². The summed E-state index contributed by atoms with van der Waals surface area (Å²) in [5.41, 5.74) is 5.47. The van der Waals surface area contributed by atoms with E-state index in [4.69, 9.17) is 4.74 Å². The number of fused-ring (bicyclic) bond motifs is 3. The first kappa shape index (κ1) is 14.8. The number of carbonyl (C=O) groups is 1. The summed E-state index contributed by atoms with van der Waals surface area (Å²) in [6.45, 7) is 2.70. The van der Waals surface area contributed by atoms with E-state index < -0.39 is 0 Å². The van der Waals surface area contributed by atoms with Crippen LogP contribution in [0.5, 0.6) is 0 Å². The zero-order valence-electron chi connectivity index (χ0n) is 13.1. The van der Waals surface area contributed by atoms with Crippen LogP contribution in [-0.2, 0) is 11.2 Å². The van der Waals surface area contributed by atoms with Gasteiger partial charge in [-0.1, -0.05) is 62.6 Å². The standard InChI is InChI=1S/C20H22O2/c1-2-3-4-7-13-22-20(21)18-12-8-10-16-14-15-9-5-6-11-17(15)19(16)18/h5-6,8-12H,2-4,7,13-14H2,1H3. The van der Waals surface area contributed by atoms with Crippen LogP contribution in [0.25, 0.3) is 11.1 Å². The van der Waals surface area contributed by atoms with Gasteiger partial charge >= 0.3 is 5.97 Å². The zero-order valence-corrected chi connectivity index (χ0v) is 13.1. The second-order valence-corrected chi connectivity index (χ2v) is 5.87. The average molecular weight is 294 g/mol. The SMILES string of the molecule is CCCCCCOC(=O)c1cccc2c1-c1ccccc1C2. The zero-order chi connectivity index (χ0) is 15.4. The number of ether oxygens (including phenoxy) is 1. The lowest BCUT2D eigenvalue weighted by Crippen LogP contribution is -2.08. The first-order valence-corrected chi connectivity index (χ1v) is 8.18. The van der Waals surface area contributed by atoms with E-state index in [2.05, 4.69) is 31.2 Å². The first-order chi connectivity index (χ1) is 10.8. The molecule has 2 aromatic rings. The molecule has 0 unspecified atom stereocenters. The van der Waals surface area contributed by atoms with Gasteiger partial charge in [-0.2, -0.15) is 0 Å². The number of carbonyl (C=O) groups excluding carboxylic acids is 1. The van der Waals surface area contributed by atoms with Gasteiger partial charge in [0.15, 0.2) is 0 Å². The number of hydrogen-bond donors (Lipinski definition) is 0. The first-order valence-electron chi connectivity index (χ1n) is 8.18. The van der Waals surface area contributed by atoms with Crippen molar-refractivity contribution in [1.29, 1.82) is 0 Å². The maximum Gasteiger partial charge on any atom is 0.338 e. The summed E-state index contributed by atoms with van der Waals surface area (Å²) in [7, 11) is 0. The quantitative estimate of drug-likeness (QED) is 0.472. The number of rotatable bonds is 6. The van der Waals surface area contributed by atoms with Crippen molar-refractivity contribution in [2.75, 3.05) is 6.61 Å². The number of hydrogen-bond acceptors (Lipinski definition) is 2. The van der Waals surface area contributed by atoms with E-state index in [1.165, 1.54) is 29.5 Å². The van der Waals surface area contributed by atoms with E-state index in [1.54, 1.807) is 0 Å². The summed E-state index contributed by atoms with van der Waals surface area (Å²) in [5, 5.41) is 0. The molecule has 0 amide bonds. The molecule has 2 heteroatoms. The largest absolute Gasteiger partial charge is 0.462 e. The molecule has 2 nitrogen and oxygen atoms in total. The second-order valence-electron chi connectivity index (χ2n) is 5.87. The molecule has 114 valence electrons. The molecule has 0 aliphatic heterocycles. The minimum Gasteiger partial charge on any atom is -0.462 e. The van der Waals surface area contributed by atoms with Gasteiger partial charge in [0.05, 0.1) is 12.2 Å². The molecular weight excluding hydrogens is 272 g/mol. The monoisotopic (exact) mass is 294 g/mol. The molecule has 0 heterocycles. The Morgan fingerprint density at radius 2 is 1.82 bits per heavy atom. The lowest BCUT2D eigenvalue weighted by atomic mass is 9.99. The molecule has 3 rings (SSSR count). The van der Waals surface area contributed by atoms with Crippen LogP contribution in [0, 0.1) is 0 Å². The van der Waals surface area contributed by atoms with Crippen molar-refractivity contribution < 1.29 is 9.53 Å². The lowest BCUT2D eigenvalue weighted by molar-refractivity contribution is 0.0498. The fraction of sp³-hybridized carbons (Fsp3) is 0.350. The van der Waals surface area contributed by atoms with Gasteiger partial charge in [-0.15, -0.1) is 0 Å². The molecule has 0 bridgehead atoms. The topological polar surface area (TPSA) is 26.3 Å². The van der Waals surface area contributed by atoms with Gasteiger partial charge in [-0.05, 0) is 41.2 Å². The van der Waals surface area contributed by atoms with Crippen molar-refractivity contribution in [1.82, 2.24) is 0 Å². The summed E-state index contributed by atoms with van der Waals surface area (Å²) in [4.78, 5) is 12.4. The molecule has 2 aromatic carbocycles. The molecule has 0 saturated carbocycles. The Hall–Kier alpha value is -2.09. The van der Waals surface area contributed by atoms with Crippen molar-refractivity contribution in [2.45, 2.75) is 39.0 Å². The number of esters is 1. The van der Waals surface area contributed by atoms with Gasteiger partial charge in [-0.3, -0.25) is 0 Å². The molecule has 0 N–H and O–H groups in total. The lowest BCUT2D eigenvalue weighted by Gasteiger charge is -2.10. The van der Waals surface area contributed by atoms with Crippen LogP contribution in [0.15, 0.2) is 42.5 Å². The highest BCUT2D eigenvalue weighted by Gasteiger charge is 2.24. The van der Waals surface area contributed by atoms with Gasteiger partial charge < -0.3 is 4.74 Å². The predicted molar refractivity (Wildman–Crippen MR) is 89.1 cm³/mol. The van der Waals surface area contributed by atoms with Gasteiger partial charge in [0.1, 0.15) is 0 Å². The van der Waals surface area contributed by atoms with E-state index in [9.17, 15) is 4.79 Å². The van der Waals surface area contributed by atoms with Gasteiger partial charge in [0.2, 0.25) is 0 Å². The summed E-state index contributed by atoms with van der Waals surface area (Å²) < 4.78 is 5.48. The molecule has 0 aromatic heterocycles. The molecule has 0 spiro atoms. The molecule has 0 atom stereocenters. The van der Waals surface area contributed by atoms with Gasteiger partial charge in [0.25, 0.3) is 0 Å². The van der Waals surface area contributed by atoms with Gasteiger partial charge in [-0.25, -0.2) is 4.79 Å². The van der Waals surface area contributed by atoms with E-state index in [1.807, 2.05) is 18.2 Å². The molecule has 0 saturated heterocycles.